The first-order chi connectivity index (χ1) is 9.55. The summed E-state index contributed by atoms with van der Waals surface area (Å²) in [6.45, 7) is 0. The molecule has 102 valence electrons. The van der Waals surface area contributed by atoms with Crippen LogP contribution in [0.15, 0.2) is 42.9 Å². The number of hydrogen-bond donors (Lipinski definition) is 1. The summed E-state index contributed by atoms with van der Waals surface area (Å²) in [6.07, 6.45) is -2.15. The second kappa shape index (κ2) is 4.48. The predicted octanol–water partition coefficient (Wildman–Crippen LogP) is 2.68. The van der Waals surface area contributed by atoms with Crippen molar-refractivity contribution in [1.29, 1.82) is 0 Å². The van der Waals surface area contributed by atoms with Crippen molar-refractivity contribution in [2.24, 2.45) is 0 Å². The molecule has 2 heterocycles. The molecule has 0 fully saturated rings. The number of alkyl halides is 3. The molecule has 0 aliphatic heterocycles. The summed E-state index contributed by atoms with van der Waals surface area (Å²) in [5.74, 6) is -1.18. The lowest BCUT2D eigenvalue weighted by atomic mass is 10.1. The Hall–Kier alpha value is -2.64. The van der Waals surface area contributed by atoms with Crippen LogP contribution in [0.1, 0.15) is 5.82 Å². The van der Waals surface area contributed by atoms with E-state index in [-0.39, 0.29) is 0 Å². The molecule has 1 aromatic carbocycles. The standard InChI is InChI=1S/C12H8F3N5/c13-12(14,15)11-16-7-20(19-11)9-6-17-18-10(9)8-4-2-1-3-5-8/h1-7H,(H,17,18). The Balaban J connectivity index is 2.04. The Morgan fingerprint density at radius 1 is 1.10 bits per heavy atom. The van der Waals surface area contributed by atoms with Crippen molar-refractivity contribution in [1.82, 2.24) is 25.0 Å². The monoisotopic (exact) mass is 279 g/mol. The third kappa shape index (κ3) is 2.15. The molecular formula is C12H8F3N5. The van der Waals surface area contributed by atoms with Gasteiger partial charge in [0.1, 0.15) is 12.0 Å². The Morgan fingerprint density at radius 3 is 2.50 bits per heavy atom. The van der Waals surface area contributed by atoms with E-state index in [4.69, 9.17) is 0 Å². The lowest BCUT2D eigenvalue weighted by Gasteiger charge is -2.02. The molecular weight excluding hydrogens is 271 g/mol. The first-order valence-electron chi connectivity index (χ1n) is 5.64. The van der Waals surface area contributed by atoms with Gasteiger partial charge in [-0.05, 0) is 0 Å². The fraction of sp³-hybridized carbons (Fsp3) is 0.0833. The summed E-state index contributed by atoms with van der Waals surface area (Å²) in [4.78, 5) is 3.26. The van der Waals surface area contributed by atoms with Crippen LogP contribution < -0.4 is 0 Å². The molecule has 0 atom stereocenters. The summed E-state index contributed by atoms with van der Waals surface area (Å²) in [5.41, 5.74) is 1.77. The van der Waals surface area contributed by atoms with E-state index in [1.165, 1.54) is 6.20 Å². The van der Waals surface area contributed by atoms with Crippen molar-refractivity contribution >= 4 is 0 Å². The highest BCUT2D eigenvalue weighted by Gasteiger charge is 2.36. The molecule has 3 rings (SSSR count). The lowest BCUT2D eigenvalue weighted by molar-refractivity contribution is -0.144. The second-order valence-electron chi connectivity index (χ2n) is 4.01. The van der Waals surface area contributed by atoms with Crippen LogP contribution in [-0.2, 0) is 6.18 Å². The highest BCUT2D eigenvalue weighted by Crippen LogP contribution is 2.27. The number of hydrogen-bond acceptors (Lipinski definition) is 3. The number of halogens is 3. The Kier molecular flexibility index (Phi) is 2.78. The summed E-state index contributed by atoms with van der Waals surface area (Å²) in [7, 11) is 0. The fourth-order valence-electron chi connectivity index (χ4n) is 1.78. The van der Waals surface area contributed by atoms with E-state index < -0.39 is 12.0 Å². The molecule has 0 amide bonds. The minimum absolute atomic E-state index is 0.402. The fourth-order valence-corrected chi connectivity index (χ4v) is 1.78. The average Bonchev–Trinajstić information content (AvgIpc) is 3.07. The molecule has 0 bridgehead atoms. The van der Waals surface area contributed by atoms with Gasteiger partial charge in [-0.2, -0.15) is 18.3 Å². The second-order valence-corrected chi connectivity index (χ2v) is 4.01. The van der Waals surface area contributed by atoms with Crippen molar-refractivity contribution < 1.29 is 13.2 Å². The Bertz CT molecular complexity index is 714. The van der Waals surface area contributed by atoms with Gasteiger partial charge in [-0.25, -0.2) is 9.67 Å². The van der Waals surface area contributed by atoms with E-state index in [2.05, 4.69) is 20.3 Å². The van der Waals surface area contributed by atoms with Crippen LogP contribution >= 0.6 is 0 Å². The van der Waals surface area contributed by atoms with Crippen LogP contribution in [0.2, 0.25) is 0 Å². The van der Waals surface area contributed by atoms with E-state index in [9.17, 15) is 13.2 Å². The molecule has 0 saturated carbocycles. The first-order valence-corrected chi connectivity index (χ1v) is 5.64. The van der Waals surface area contributed by atoms with Gasteiger partial charge in [0.15, 0.2) is 0 Å². The zero-order valence-corrected chi connectivity index (χ0v) is 9.96. The van der Waals surface area contributed by atoms with Gasteiger partial charge in [0.2, 0.25) is 0 Å². The Morgan fingerprint density at radius 2 is 1.85 bits per heavy atom. The maximum Gasteiger partial charge on any atom is 0.453 e. The quantitative estimate of drug-likeness (QED) is 0.784. The van der Waals surface area contributed by atoms with Gasteiger partial charge in [-0.15, -0.1) is 5.10 Å². The van der Waals surface area contributed by atoms with Crippen LogP contribution in [0, 0.1) is 0 Å². The van der Waals surface area contributed by atoms with Crippen molar-refractivity contribution in [3.63, 3.8) is 0 Å². The molecule has 5 nitrogen and oxygen atoms in total. The molecule has 20 heavy (non-hydrogen) atoms. The molecule has 8 heteroatoms. The summed E-state index contributed by atoms with van der Waals surface area (Å²) in [6, 6.07) is 9.12. The molecule has 0 spiro atoms. The topological polar surface area (TPSA) is 59.4 Å². The third-order valence-electron chi connectivity index (χ3n) is 2.67. The maximum atomic E-state index is 12.5. The van der Waals surface area contributed by atoms with Crippen LogP contribution in [0.4, 0.5) is 13.2 Å². The molecule has 3 aromatic rings. The van der Waals surface area contributed by atoms with Crippen LogP contribution in [0.25, 0.3) is 16.9 Å². The van der Waals surface area contributed by atoms with Gasteiger partial charge < -0.3 is 0 Å². The van der Waals surface area contributed by atoms with Crippen molar-refractivity contribution in [2.75, 3.05) is 0 Å². The molecule has 0 aliphatic rings. The number of H-pyrrole nitrogens is 1. The largest absolute Gasteiger partial charge is 0.453 e. The molecule has 0 unspecified atom stereocenters. The van der Waals surface area contributed by atoms with E-state index in [0.717, 1.165) is 16.6 Å². The molecule has 2 aromatic heterocycles. The van der Waals surface area contributed by atoms with Gasteiger partial charge in [-0.3, -0.25) is 5.10 Å². The van der Waals surface area contributed by atoms with Gasteiger partial charge in [0.05, 0.1) is 11.9 Å². The van der Waals surface area contributed by atoms with Crippen LogP contribution in [0.3, 0.4) is 0 Å². The highest BCUT2D eigenvalue weighted by molar-refractivity contribution is 5.67. The normalized spacial score (nSPS) is 11.8. The molecule has 0 aliphatic carbocycles. The number of benzene rings is 1. The maximum absolute atomic E-state index is 12.5. The lowest BCUT2D eigenvalue weighted by Crippen LogP contribution is -2.08. The first kappa shape index (κ1) is 12.4. The van der Waals surface area contributed by atoms with E-state index in [1.807, 2.05) is 30.3 Å². The van der Waals surface area contributed by atoms with Gasteiger partial charge in [-0.1, -0.05) is 30.3 Å². The van der Waals surface area contributed by atoms with E-state index in [0.29, 0.717) is 11.4 Å². The van der Waals surface area contributed by atoms with Gasteiger partial charge in [0, 0.05) is 5.56 Å². The highest BCUT2D eigenvalue weighted by atomic mass is 19.4. The summed E-state index contributed by atoms with van der Waals surface area (Å²) >= 11 is 0. The minimum Gasteiger partial charge on any atom is -0.276 e. The summed E-state index contributed by atoms with van der Waals surface area (Å²) < 4.78 is 38.6. The number of rotatable bonds is 2. The zero-order chi connectivity index (χ0) is 14.2. The van der Waals surface area contributed by atoms with Crippen LogP contribution in [0.5, 0.6) is 0 Å². The number of aromatic nitrogens is 5. The smallest absolute Gasteiger partial charge is 0.276 e. The van der Waals surface area contributed by atoms with Gasteiger partial charge >= 0.3 is 6.18 Å². The summed E-state index contributed by atoms with van der Waals surface area (Å²) in [5, 5.41) is 10.0. The van der Waals surface area contributed by atoms with E-state index >= 15 is 0 Å². The van der Waals surface area contributed by atoms with Crippen molar-refractivity contribution in [3.8, 4) is 16.9 Å². The van der Waals surface area contributed by atoms with Gasteiger partial charge in [0.25, 0.3) is 5.82 Å². The Labute approximate surface area is 111 Å². The van der Waals surface area contributed by atoms with E-state index in [1.54, 1.807) is 0 Å². The number of nitrogens with zero attached hydrogens (tertiary/aromatic N) is 4. The molecule has 0 radical (unpaired) electrons. The SMILES string of the molecule is FC(F)(F)c1ncn(-c2cn[nH]c2-c2ccccc2)n1. The predicted molar refractivity (Wildman–Crippen MR) is 63.9 cm³/mol. The third-order valence-corrected chi connectivity index (χ3v) is 2.67. The zero-order valence-electron chi connectivity index (χ0n) is 9.96. The number of nitrogens with one attached hydrogen (secondary N) is 1. The van der Waals surface area contributed by atoms with Crippen LogP contribution in [-0.4, -0.2) is 25.0 Å². The molecule has 0 saturated heterocycles. The van der Waals surface area contributed by atoms with Crippen molar-refractivity contribution in [2.45, 2.75) is 6.18 Å². The molecule has 1 N–H and O–H groups in total. The minimum atomic E-state index is -4.57. The average molecular weight is 279 g/mol. The van der Waals surface area contributed by atoms with Crippen molar-refractivity contribution in [3.05, 3.63) is 48.7 Å². The number of aromatic amines is 1.